The summed E-state index contributed by atoms with van der Waals surface area (Å²) in [7, 11) is 0. The fourth-order valence-corrected chi connectivity index (χ4v) is 0.916. The maximum atomic E-state index is 3.08. The molecule has 7 heavy (non-hydrogen) atoms. The summed E-state index contributed by atoms with van der Waals surface area (Å²) in [6, 6.07) is 0. The highest BCUT2D eigenvalue weighted by atomic mass is 32.2. The molecule has 0 atom stereocenters. The van der Waals surface area contributed by atoms with Crippen molar-refractivity contribution in [3.63, 3.8) is 0 Å². The van der Waals surface area contributed by atoms with E-state index in [-0.39, 0.29) is 0 Å². The van der Waals surface area contributed by atoms with Gasteiger partial charge in [0.1, 0.15) is 0 Å². The van der Waals surface area contributed by atoms with Crippen LogP contribution >= 0.6 is 11.8 Å². The van der Waals surface area contributed by atoms with E-state index in [1.807, 2.05) is 6.92 Å². The first kappa shape index (κ1) is 7.09. The van der Waals surface area contributed by atoms with Gasteiger partial charge < -0.3 is 0 Å². The third kappa shape index (κ3) is 2.75. The van der Waals surface area contributed by atoms with E-state index in [4.69, 9.17) is 0 Å². The summed E-state index contributed by atoms with van der Waals surface area (Å²) in [5.74, 6) is 0. The Hall–Kier alpha value is 0.0900. The van der Waals surface area contributed by atoms with Crippen molar-refractivity contribution in [2.24, 2.45) is 0 Å². The fraction of sp³-hybridized carbons (Fsp3) is 0.667. The molecule has 0 bridgehead atoms. The van der Waals surface area contributed by atoms with Gasteiger partial charge in [-0.25, -0.2) is 0 Å². The maximum absolute atomic E-state index is 3.08. The Morgan fingerprint density at radius 1 is 1.71 bits per heavy atom. The van der Waals surface area contributed by atoms with E-state index in [2.05, 4.69) is 19.3 Å². The number of hydrogen-bond acceptors (Lipinski definition) is 1. The van der Waals surface area contributed by atoms with Crippen LogP contribution in [0.1, 0.15) is 20.3 Å². The Bertz CT molecular complexity index is 58.6. The van der Waals surface area contributed by atoms with Gasteiger partial charge in [0.25, 0.3) is 0 Å². The molecule has 0 aromatic heterocycles. The smallest absolute Gasteiger partial charge is 0.0126 e. The monoisotopic (exact) mass is 115 g/mol. The summed E-state index contributed by atoms with van der Waals surface area (Å²) in [6.45, 7) is 4.09. The highest BCUT2D eigenvalue weighted by Crippen LogP contribution is 2.12. The molecule has 0 rings (SSSR count). The highest BCUT2D eigenvalue weighted by Gasteiger charge is 1.83. The Balaban J connectivity index is 3.38. The van der Waals surface area contributed by atoms with Gasteiger partial charge in [-0.05, 0) is 30.6 Å². The molecule has 0 fully saturated rings. The zero-order chi connectivity index (χ0) is 5.70. The SMILES string of the molecule is C/[C]=C(\CC)SC. The lowest BCUT2D eigenvalue weighted by Crippen LogP contribution is -1.67. The van der Waals surface area contributed by atoms with Crippen LogP contribution in [-0.2, 0) is 0 Å². The molecular weight excluding hydrogens is 104 g/mol. The predicted molar refractivity (Wildman–Crippen MR) is 36.2 cm³/mol. The predicted octanol–water partition coefficient (Wildman–Crippen LogP) is 2.47. The molecule has 0 N–H and O–H groups in total. The second-order valence-electron chi connectivity index (χ2n) is 1.23. The van der Waals surface area contributed by atoms with Crippen molar-refractivity contribution in [3.8, 4) is 0 Å². The molecule has 0 amide bonds. The van der Waals surface area contributed by atoms with Gasteiger partial charge in [0.05, 0.1) is 0 Å². The van der Waals surface area contributed by atoms with Crippen molar-refractivity contribution in [3.05, 3.63) is 11.0 Å². The second kappa shape index (κ2) is 4.25. The van der Waals surface area contributed by atoms with Crippen LogP contribution in [0.4, 0.5) is 0 Å². The van der Waals surface area contributed by atoms with Crippen LogP contribution in [-0.4, -0.2) is 6.26 Å². The first-order valence-corrected chi connectivity index (χ1v) is 3.65. The Labute approximate surface area is 50.0 Å². The van der Waals surface area contributed by atoms with Gasteiger partial charge in [0, 0.05) is 0 Å². The molecule has 1 heteroatoms. The zero-order valence-electron chi connectivity index (χ0n) is 5.12. The third-order valence-corrected chi connectivity index (χ3v) is 1.83. The van der Waals surface area contributed by atoms with E-state index in [1.165, 1.54) is 4.91 Å². The number of thioether (sulfide) groups is 1. The molecule has 0 heterocycles. The molecular formula is C6H11S. The molecule has 0 nitrogen and oxygen atoms in total. The van der Waals surface area contributed by atoms with Gasteiger partial charge in [-0.15, -0.1) is 11.8 Å². The average Bonchev–Trinajstić information content (AvgIpc) is 1.72. The van der Waals surface area contributed by atoms with Gasteiger partial charge in [-0.3, -0.25) is 0 Å². The van der Waals surface area contributed by atoms with Gasteiger partial charge in [0.2, 0.25) is 0 Å². The van der Waals surface area contributed by atoms with Crippen LogP contribution in [0.25, 0.3) is 0 Å². The Morgan fingerprint density at radius 2 is 2.29 bits per heavy atom. The van der Waals surface area contributed by atoms with Crippen LogP contribution in [0.15, 0.2) is 4.91 Å². The highest BCUT2D eigenvalue weighted by molar-refractivity contribution is 8.02. The van der Waals surface area contributed by atoms with Crippen molar-refractivity contribution < 1.29 is 0 Å². The maximum Gasteiger partial charge on any atom is -0.0126 e. The molecule has 0 unspecified atom stereocenters. The fourth-order valence-electron chi connectivity index (χ4n) is 0.423. The van der Waals surface area contributed by atoms with E-state index < -0.39 is 0 Å². The van der Waals surface area contributed by atoms with Gasteiger partial charge in [-0.2, -0.15) is 0 Å². The molecule has 1 radical (unpaired) electrons. The van der Waals surface area contributed by atoms with Crippen LogP contribution in [0.3, 0.4) is 0 Å². The first-order chi connectivity index (χ1) is 3.35. The first-order valence-electron chi connectivity index (χ1n) is 2.42. The standard InChI is InChI=1S/C6H11S/c1-4-6(5-2)7-3/h4H2,1-3H3. The van der Waals surface area contributed by atoms with E-state index in [0.29, 0.717) is 0 Å². The third-order valence-electron chi connectivity index (χ3n) is 0.846. The molecule has 0 aliphatic carbocycles. The van der Waals surface area contributed by atoms with E-state index in [0.717, 1.165) is 6.42 Å². The number of hydrogen-bond donors (Lipinski definition) is 0. The average molecular weight is 115 g/mol. The minimum Gasteiger partial charge on any atom is -0.134 e. The summed E-state index contributed by atoms with van der Waals surface area (Å²) in [6.07, 6.45) is 6.28. The lowest BCUT2D eigenvalue weighted by atomic mass is 10.4. The summed E-state index contributed by atoms with van der Waals surface area (Å²) in [5.41, 5.74) is 0. The quantitative estimate of drug-likeness (QED) is 0.532. The molecule has 0 aliphatic heterocycles. The van der Waals surface area contributed by atoms with E-state index in [9.17, 15) is 0 Å². The van der Waals surface area contributed by atoms with Crippen molar-refractivity contribution in [1.29, 1.82) is 0 Å². The van der Waals surface area contributed by atoms with Crippen molar-refractivity contribution >= 4 is 11.8 Å². The molecule has 0 spiro atoms. The number of allylic oxidation sites excluding steroid dienone is 2. The van der Waals surface area contributed by atoms with Crippen LogP contribution in [0, 0.1) is 6.08 Å². The Morgan fingerprint density at radius 3 is 2.29 bits per heavy atom. The van der Waals surface area contributed by atoms with Crippen LogP contribution in [0.2, 0.25) is 0 Å². The lowest BCUT2D eigenvalue weighted by molar-refractivity contribution is 1.18. The normalized spacial score (nSPS) is 12.1. The molecule has 0 aliphatic rings. The minimum absolute atomic E-state index is 1.12. The van der Waals surface area contributed by atoms with Crippen LogP contribution in [0.5, 0.6) is 0 Å². The van der Waals surface area contributed by atoms with Crippen molar-refractivity contribution in [1.82, 2.24) is 0 Å². The zero-order valence-corrected chi connectivity index (χ0v) is 5.93. The Kier molecular flexibility index (Phi) is 4.31. The number of rotatable bonds is 2. The topological polar surface area (TPSA) is 0 Å². The van der Waals surface area contributed by atoms with Gasteiger partial charge >= 0.3 is 0 Å². The minimum atomic E-state index is 1.12. The van der Waals surface area contributed by atoms with Crippen molar-refractivity contribution in [2.45, 2.75) is 20.3 Å². The van der Waals surface area contributed by atoms with E-state index >= 15 is 0 Å². The van der Waals surface area contributed by atoms with Gasteiger partial charge in [-0.1, -0.05) is 6.92 Å². The molecule has 0 aromatic rings. The summed E-state index contributed by atoms with van der Waals surface area (Å²) in [5, 5.41) is 0. The molecule has 0 saturated heterocycles. The molecule has 41 valence electrons. The summed E-state index contributed by atoms with van der Waals surface area (Å²) >= 11 is 1.78. The lowest BCUT2D eigenvalue weighted by Gasteiger charge is -1.92. The van der Waals surface area contributed by atoms with Crippen molar-refractivity contribution in [2.75, 3.05) is 6.26 Å². The van der Waals surface area contributed by atoms with Gasteiger partial charge in [0.15, 0.2) is 0 Å². The molecule has 0 saturated carbocycles. The second-order valence-corrected chi connectivity index (χ2v) is 2.13. The van der Waals surface area contributed by atoms with E-state index in [1.54, 1.807) is 11.8 Å². The van der Waals surface area contributed by atoms with Crippen LogP contribution < -0.4 is 0 Å². The summed E-state index contributed by atoms with van der Waals surface area (Å²) < 4.78 is 0. The molecule has 0 aromatic carbocycles. The largest absolute Gasteiger partial charge is 0.134 e. The summed E-state index contributed by atoms with van der Waals surface area (Å²) in [4.78, 5) is 1.35.